The zero-order valence-corrected chi connectivity index (χ0v) is 12.2. The minimum atomic E-state index is -0.331. The lowest BCUT2D eigenvalue weighted by molar-refractivity contribution is 0.113. The summed E-state index contributed by atoms with van der Waals surface area (Å²) in [6, 6.07) is 5.02. The van der Waals surface area contributed by atoms with Crippen LogP contribution < -0.4 is 0 Å². The number of benzene rings is 1. The van der Waals surface area contributed by atoms with Crippen LogP contribution in [0.3, 0.4) is 0 Å². The van der Waals surface area contributed by atoms with E-state index in [-0.39, 0.29) is 17.4 Å². The van der Waals surface area contributed by atoms with Gasteiger partial charge in [-0.05, 0) is 31.0 Å². The van der Waals surface area contributed by atoms with Crippen LogP contribution in [0.4, 0.5) is 4.39 Å². The number of halogens is 3. The first-order valence-electron chi connectivity index (χ1n) is 6.23. The van der Waals surface area contributed by atoms with Gasteiger partial charge in [-0.25, -0.2) is 4.98 Å². The molecule has 0 aliphatic heterocycles. The Labute approximate surface area is 126 Å². The fourth-order valence-corrected chi connectivity index (χ4v) is 2.32. The molecule has 2 aromatic rings. The number of phenolic OH excluding ortho intramolecular Hbond substituents is 1. The maximum atomic E-state index is 11.9. The average molecular weight is 318 g/mol. The molecule has 1 N–H and O–H groups in total. The van der Waals surface area contributed by atoms with E-state index >= 15 is 0 Å². The van der Waals surface area contributed by atoms with Crippen LogP contribution in [0.1, 0.15) is 18.5 Å². The number of ether oxygens (including phenoxy) is 1. The lowest BCUT2D eigenvalue weighted by Gasteiger charge is -2.08. The van der Waals surface area contributed by atoms with Gasteiger partial charge in [-0.15, -0.1) is 0 Å². The molecule has 3 nitrogen and oxygen atoms in total. The zero-order chi connectivity index (χ0) is 14.5. The third-order valence-electron chi connectivity index (χ3n) is 2.84. The largest absolute Gasteiger partial charge is 0.504 e. The molecule has 0 unspecified atom stereocenters. The second-order valence-electron chi connectivity index (χ2n) is 4.34. The van der Waals surface area contributed by atoms with Crippen molar-refractivity contribution in [2.24, 2.45) is 0 Å². The Kier molecular flexibility index (Phi) is 5.40. The number of phenols is 1. The summed E-state index contributed by atoms with van der Waals surface area (Å²) in [6.45, 7) is 0.445. The molecule has 0 fully saturated rings. The Morgan fingerprint density at radius 3 is 2.75 bits per heavy atom. The van der Waals surface area contributed by atoms with Gasteiger partial charge in [-0.3, -0.25) is 4.39 Å². The highest BCUT2D eigenvalue weighted by molar-refractivity contribution is 6.39. The maximum absolute atomic E-state index is 11.9. The first-order chi connectivity index (χ1) is 9.63. The molecule has 0 bridgehead atoms. The predicted octanol–water partition coefficient (Wildman–Crippen LogP) is 4.51. The van der Waals surface area contributed by atoms with Gasteiger partial charge in [0.25, 0.3) is 0 Å². The Morgan fingerprint density at radius 1 is 1.20 bits per heavy atom. The van der Waals surface area contributed by atoms with Crippen LogP contribution in [0, 0.1) is 0 Å². The van der Waals surface area contributed by atoms with Crippen LogP contribution in [0.5, 0.6) is 5.75 Å². The van der Waals surface area contributed by atoms with Crippen LogP contribution in [0.15, 0.2) is 18.2 Å². The molecule has 0 saturated heterocycles. The first-order valence-corrected chi connectivity index (χ1v) is 6.99. The number of aromatic nitrogens is 1. The molecule has 0 amide bonds. The van der Waals surface area contributed by atoms with E-state index < -0.39 is 0 Å². The molecule has 0 aliphatic rings. The van der Waals surface area contributed by atoms with Crippen molar-refractivity contribution in [3.63, 3.8) is 0 Å². The number of pyridine rings is 1. The number of alkyl halides is 1. The van der Waals surface area contributed by atoms with Gasteiger partial charge in [-0.1, -0.05) is 23.2 Å². The van der Waals surface area contributed by atoms with Gasteiger partial charge in [0.2, 0.25) is 0 Å². The number of rotatable bonds is 6. The molecule has 0 atom stereocenters. The molecule has 1 heterocycles. The highest BCUT2D eigenvalue weighted by Crippen LogP contribution is 2.36. The zero-order valence-electron chi connectivity index (χ0n) is 10.7. The number of fused-ring (bicyclic) bond motifs is 1. The molecular formula is C14H14Cl2FNO2. The van der Waals surface area contributed by atoms with Gasteiger partial charge in [0.1, 0.15) is 5.52 Å². The molecule has 0 radical (unpaired) electrons. The Hall–Kier alpha value is -1.10. The molecule has 2 rings (SSSR count). The van der Waals surface area contributed by atoms with Crippen molar-refractivity contribution >= 4 is 34.1 Å². The molecule has 1 aromatic carbocycles. The maximum Gasteiger partial charge on any atom is 0.160 e. The second-order valence-corrected chi connectivity index (χ2v) is 5.15. The number of hydrogen-bond donors (Lipinski definition) is 1. The van der Waals surface area contributed by atoms with Crippen molar-refractivity contribution in [3.8, 4) is 5.75 Å². The summed E-state index contributed by atoms with van der Waals surface area (Å²) in [6.07, 6.45) is 1.17. The van der Waals surface area contributed by atoms with Crippen molar-refractivity contribution in [1.82, 2.24) is 4.98 Å². The quantitative estimate of drug-likeness (QED) is 0.797. The van der Waals surface area contributed by atoms with Crippen molar-refractivity contribution in [3.05, 3.63) is 33.9 Å². The smallest absolute Gasteiger partial charge is 0.160 e. The number of aromatic hydroxyl groups is 1. The summed E-state index contributed by atoms with van der Waals surface area (Å²) in [5, 5.41) is 11.1. The van der Waals surface area contributed by atoms with Gasteiger partial charge in [0, 0.05) is 12.0 Å². The van der Waals surface area contributed by atoms with Crippen molar-refractivity contribution in [2.75, 3.05) is 13.3 Å². The van der Waals surface area contributed by atoms with Crippen LogP contribution in [0.2, 0.25) is 10.0 Å². The van der Waals surface area contributed by atoms with E-state index in [1.54, 1.807) is 12.1 Å². The molecule has 6 heteroatoms. The fraction of sp³-hybridized carbons (Fsp3) is 0.357. The van der Waals surface area contributed by atoms with E-state index in [2.05, 4.69) is 4.98 Å². The Balaban J connectivity index is 2.14. The van der Waals surface area contributed by atoms with E-state index in [1.807, 2.05) is 0 Å². The molecule has 108 valence electrons. The summed E-state index contributed by atoms with van der Waals surface area (Å²) >= 11 is 11.9. The van der Waals surface area contributed by atoms with Crippen LogP contribution in [-0.4, -0.2) is 23.4 Å². The summed E-state index contributed by atoms with van der Waals surface area (Å²) < 4.78 is 17.3. The van der Waals surface area contributed by atoms with E-state index in [0.29, 0.717) is 47.7 Å². The SMILES string of the molecule is Oc1c(Cl)cc(Cl)c2ccc(COCCCCF)nc12. The minimum Gasteiger partial charge on any atom is -0.504 e. The van der Waals surface area contributed by atoms with Crippen molar-refractivity contribution < 1.29 is 14.2 Å². The van der Waals surface area contributed by atoms with E-state index in [0.717, 1.165) is 0 Å². The molecule has 0 spiro atoms. The molecular weight excluding hydrogens is 304 g/mol. The van der Waals surface area contributed by atoms with Gasteiger partial charge < -0.3 is 9.84 Å². The summed E-state index contributed by atoms with van der Waals surface area (Å²) in [5.41, 5.74) is 1.01. The lowest BCUT2D eigenvalue weighted by atomic mass is 10.2. The van der Waals surface area contributed by atoms with E-state index in [1.165, 1.54) is 6.07 Å². The number of hydrogen-bond acceptors (Lipinski definition) is 3. The summed E-state index contributed by atoms with van der Waals surface area (Å²) in [4.78, 5) is 4.30. The number of nitrogens with zero attached hydrogens (tertiary/aromatic N) is 1. The highest BCUT2D eigenvalue weighted by atomic mass is 35.5. The molecule has 0 saturated carbocycles. The Morgan fingerprint density at radius 2 is 2.00 bits per heavy atom. The van der Waals surface area contributed by atoms with E-state index in [9.17, 15) is 9.50 Å². The van der Waals surface area contributed by atoms with Gasteiger partial charge >= 0.3 is 0 Å². The molecule has 20 heavy (non-hydrogen) atoms. The van der Waals surface area contributed by atoms with Gasteiger partial charge in [0.05, 0.1) is 29.0 Å². The first kappa shape index (κ1) is 15.3. The van der Waals surface area contributed by atoms with E-state index in [4.69, 9.17) is 27.9 Å². The normalized spacial score (nSPS) is 11.2. The van der Waals surface area contributed by atoms with Gasteiger partial charge in [-0.2, -0.15) is 0 Å². The van der Waals surface area contributed by atoms with Crippen LogP contribution >= 0.6 is 23.2 Å². The van der Waals surface area contributed by atoms with Gasteiger partial charge in [0.15, 0.2) is 5.75 Å². The Bertz CT molecular complexity index is 607. The number of unbranched alkanes of at least 4 members (excludes halogenated alkanes) is 1. The highest BCUT2D eigenvalue weighted by Gasteiger charge is 2.11. The molecule has 1 aromatic heterocycles. The molecule has 0 aliphatic carbocycles. The van der Waals surface area contributed by atoms with Crippen LogP contribution in [0.25, 0.3) is 10.9 Å². The second kappa shape index (κ2) is 7.07. The third-order valence-corrected chi connectivity index (χ3v) is 3.44. The minimum absolute atomic E-state index is 0.0923. The van der Waals surface area contributed by atoms with Crippen molar-refractivity contribution in [2.45, 2.75) is 19.4 Å². The standard InChI is InChI=1S/C14H14Cl2FNO2/c15-11-7-12(16)14(19)13-10(11)4-3-9(18-13)8-20-6-2-1-5-17/h3-4,7,19H,1-2,5-6,8H2. The average Bonchev–Trinajstić information content (AvgIpc) is 2.44. The summed E-state index contributed by atoms with van der Waals surface area (Å²) in [5.74, 6) is -0.0923. The monoisotopic (exact) mass is 317 g/mol. The summed E-state index contributed by atoms with van der Waals surface area (Å²) in [7, 11) is 0. The van der Waals surface area contributed by atoms with Crippen molar-refractivity contribution in [1.29, 1.82) is 0 Å². The lowest BCUT2D eigenvalue weighted by Crippen LogP contribution is -1.98. The third kappa shape index (κ3) is 3.51. The predicted molar refractivity (Wildman–Crippen MR) is 78.3 cm³/mol. The topological polar surface area (TPSA) is 42.4 Å². The fourth-order valence-electron chi connectivity index (χ4n) is 1.80. The van der Waals surface area contributed by atoms with Crippen LogP contribution in [-0.2, 0) is 11.3 Å².